The Bertz CT molecular complexity index is 431. The van der Waals surface area contributed by atoms with Gasteiger partial charge in [0.1, 0.15) is 0 Å². The summed E-state index contributed by atoms with van der Waals surface area (Å²) >= 11 is 0. The van der Waals surface area contributed by atoms with Crippen molar-refractivity contribution in [3.63, 3.8) is 0 Å². The van der Waals surface area contributed by atoms with Crippen molar-refractivity contribution < 1.29 is 0 Å². The molecule has 2 rings (SSSR count). The summed E-state index contributed by atoms with van der Waals surface area (Å²) in [7, 11) is 0. The van der Waals surface area contributed by atoms with Gasteiger partial charge in [-0.2, -0.15) is 0 Å². The smallest absolute Gasteiger partial charge is 0.0452 e. The molecule has 1 aromatic heterocycles. The summed E-state index contributed by atoms with van der Waals surface area (Å²) in [4.78, 5) is 0. The molecule has 0 aliphatic heterocycles. The third kappa shape index (κ3) is 3.21. The van der Waals surface area contributed by atoms with Crippen LogP contribution in [0.3, 0.4) is 0 Å². The number of hydrogen-bond acceptors (Lipinski definition) is 1. The van der Waals surface area contributed by atoms with Gasteiger partial charge in [0.25, 0.3) is 0 Å². The first-order chi connectivity index (χ1) is 8.42. The highest BCUT2D eigenvalue weighted by Crippen LogP contribution is 2.11. The quantitative estimate of drug-likeness (QED) is 0.750. The minimum absolute atomic E-state index is 0.932. The van der Waals surface area contributed by atoms with Crippen molar-refractivity contribution in [3.8, 4) is 5.69 Å². The summed E-state index contributed by atoms with van der Waals surface area (Å²) in [6.07, 6.45) is 4.60. The lowest BCUT2D eigenvalue weighted by molar-refractivity contribution is 0.627. The van der Waals surface area contributed by atoms with Gasteiger partial charge >= 0.3 is 0 Å². The molecule has 0 aliphatic rings. The highest BCUT2D eigenvalue weighted by Gasteiger charge is 2.01. The average Bonchev–Trinajstić information content (AvgIpc) is 2.84. The number of nitrogens with one attached hydrogen (secondary N) is 1. The Balaban J connectivity index is 2.02. The van der Waals surface area contributed by atoms with Gasteiger partial charge in [0.15, 0.2) is 0 Å². The predicted molar refractivity (Wildman–Crippen MR) is 72.4 cm³/mol. The van der Waals surface area contributed by atoms with Crippen LogP contribution in [0, 0.1) is 0 Å². The molecule has 2 heteroatoms. The first-order valence-electron chi connectivity index (χ1n) is 6.34. The second-order valence-corrected chi connectivity index (χ2v) is 4.24. The van der Waals surface area contributed by atoms with E-state index in [1.165, 1.54) is 24.2 Å². The molecular formula is C15H20N2. The minimum atomic E-state index is 0.932. The second kappa shape index (κ2) is 6.26. The Labute approximate surface area is 103 Å². The van der Waals surface area contributed by atoms with Gasteiger partial charge in [-0.15, -0.1) is 0 Å². The van der Waals surface area contributed by atoms with Crippen LogP contribution >= 0.6 is 0 Å². The zero-order valence-corrected chi connectivity index (χ0v) is 10.4. The van der Waals surface area contributed by atoms with Crippen LogP contribution in [-0.2, 0) is 6.54 Å². The summed E-state index contributed by atoms with van der Waals surface area (Å²) in [6, 6.07) is 14.7. The number of para-hydroxylation sites is 1. The van der Waals surface area contributed by atoms with E-state index in [0.717, 1.165) is 13.1 Å². The standard InChI is InChI=1S/C15H20N2/c1-2-3-11-16-13-15-10-7-12-17(15)14-8-5-4-6-9-14/h4-10,12,16H,2-3,11,13H2,1H3. The van der Waals surface area contributed by atoms with Crippen molar-refractivity contribution in [1.29, 1.82) is 0 Å². The van der Waals surface area contributed by atoms with E-state index in [9.17, 15) is 0 Å². The summed E-state index contributed by atoms with van der Waals surface area (Å²) in [6.45, 7) is 4.24. The minimum Gasteiger partial charge on any atom is -0.320 e. The molecule has 17 heavy (non-hydrogen) atoms. The van der Waals surface area contributed by atoms with Gasteiger partial charge in [-0.05, 0) is 37.2 Å². The van der Waals surface area contributed by atoms with Gasteiger partial charge in [0.2, 0.25) is 0 Å². The number of hydrogen-bond donors (Lipinski definition) is 1. The topological polar surface area (TPSA) is 17.0 Å². The fourth-order valence-corrected chi connectivity index (χ4v) is 1.92. The van der Waals surface area contributed by atoms with Gasteiger partial charge in [0.05, 0.1) is 0 Å². The van der Waals surface area contributed by atoms with Crippen LogP contribution in [0.4, 0.5) is 0 Å². The molecule has 1 N–H and O–H groups in total. The van der Waals surface area contributed by atoms with E-state index in [0.29, 0.717) is 0 Å². The van der Waals surface area contributed by atoms with Crippen LogP contribution in [0.2, 0.25) is 0 Å². The van der Waals surface area contributed by atoms with E-state index >= 15 is 0 Å². The van der Waals surface area contributed by atoms with Gasteiger partial charge in [0, 0.05) is 24.1 Å². The van der Waals surface area contributed by atoms with Crippen molar-refractivity contribution >= 4 is 0 Å². The van der Waals surface area contributed by atoms with Crippen molar-refractivity contribution in [1.82, 2.24) is 9.88 Å². The molecule has 0 aliphatic carbocycles. The lowest BCUT2D eigenvalue weighted by Gasteiger charge is -2.10. The van der Waals surface area contributed by atoms with Gasteiger partial charge in [-0.3, -0.25) is 0 Å². The molecule has 90 valence electrons. The maximum Gasteiger partial charge on any atom is 0.0452 e. The molecule has 1 aromatic carbocycles. The molecule has 0 fully saturated rings. The van der Waals surface area contributed by atoms with Crippen LogP contribution in [0.1, 0.15) is 25.5 Å². The molecule has 0 amide bonds. The third-order valence-electron chi connectivity index (χ3n) is 2.88. The SMILES string of the molecule is CCCCNCc1cccn1-c1ccccc1. The normalized spacial score (nSPS) is 10.6. The van der Waals surface area contributed by atoms with E-state index in [-0.39, 0.29) is 0 Å². The van der Waals surface area contributed by atoms with E-state index in [1.54, 1.807) is 0 Å². The summed E-state index contributed by atoms with van der Waals surface area (Å²) in [5.74, 6) is 0. The van der Waals surface area contributed by atoms with Crippen LogP contribution in [0.25, 0.3) is 5.69 Å². The molecule has 0 saturated carbocycles. The number of rotatable bonds is 6. The van der Waals surface area contributed by atoms with Crippen molar-refractivity contribution in [2.45, 2.75) is 26.3 Å². The van der Waals surface area contributed by atoms with Crippen LogP contribution in [0.15, 0.2) is 48.7 Å². The Morgan fingerprint density at radius 1 is 1.06 bits per heavy atom. The van der Waals surface area contributed by atoms with Gasteiger partial charge < -0.3 is 9.88 Å². The molecule has 1 heterocycles. The molecule has 0 unspecified atom stereocenters. The third-order valence-corrected chi connectivity index (χ3v) is 2.88. The molecular weight excluding hydrogens is 208 g/mol. The fourth-order valence-electron chi connectivity index (χ4n) is 1.92. The maximum absolute atomic E-state index is 3.48. The zero-order valence-electron chi connectivity index (χ0n) is 10.4. The maximum atomic E-state index is 3.48. The highest BCUT2D eigenvalue weighted by atomic mass is 15.0. The largest absolute Gasteiger partial charge is 0.320 e. The van der Waals surface area contributed by atoms with E-state index in [2.05, 4.69) is 59.4 Å². The zero-order chi connectivity index (χ0) is 11.9. The first-order valence-corrected chi connectivity index (χ1v) is 6.34. The van der Waals surface area contributed by atoms with Crippen molar-refractivity contribution in [3.05, 3.63) is 54.4 Å². The molecule has 0 spiro atoms. The van der Waals surface area contributed by atoms with Gasteiger partial charge in [-0.1, -0.05) is 31.5 Å². The molecule has 0 atom stereocenters. The number of benzene rings is 1. The van der Waals surface area contributed by atoms with E-state index in [4.69, 9.17) is 0 Å². The highest BCUT2D eigenvalue weighted by molar-refractivity contribution is 5.34. The number of aromatic nitrogens is 1. The average molecular weight is 228 g/mol. The molecule has 2 aromatic rings. The second-order valence-electron chi connectivity index (χ2n) is 4.24. The molecule has 0 saturated heterocycles. The lowest BCUT2D eigenvalue weighted by Crippen LogP contribution is -2.16. The Morgan fingerprint density at radius 3 is 2.65 bits per heavy atom. The predicted octanol–water partition coefficient (Wildman–Crippen LogP) is 3.37. The van der Waals surface area contributed by atoms with E-state index < -0.39 is 0 Å². The van der Waals surface area contributed by atoms with Crippen LogP contribution < -0.4 is 5.32 Å². The summed E-state index contributed by atoms with van der Waals surface area (Å²) < 4.78 is 2.24. The Kier molecular flexibility index (Phi) is 4.39. The Morgan fingerprint density at radius 2 is 1.88 bits per heavy atom. The molecule has 0 radical (unpaired) electrons. The first kappa shape index (κ1) is 11.9. The van der Waals surface area contributed by atoms with Crippen molar-refractivity contribution in [2.75, 3.05) is 6.54 Å². The monoisotopic (exact) mass is 228 g/mol. The Hall–Kier alpha value is -1.54. The molecule has 2 nitrogen and oxygen atoms in total. The molecule has 0 bridgehead atoms. The lowest BCUT2D eigenvalue weighted by atomic mass is 10.3. The number of nitrogens with zero attached hydrogens (tertiary/aromatic N) is 1. The van der Waals surface area contributed by atoms with Gasteiger partial charge in [-0.25, -0.2) is 0 Å². The van der Waals surface area contributed by atoms with E-state index in [1.807, 2.05) is 6.07 Å². The fraction of sp³-hybridized carbons (Fsp3) is 0.333. The summed E-state index contributed by atoms with van der Waals surface area (Å²) in [5, 5.41) is 3.48. The van der Waals surface area contributed by atoms with Crippen LogP contribution in [0.5, 0.6) is 0 Å². The summed E-state index contributed by atoms with van der Waals surface area (Å²) in [5.41, 5.74) is 2.54. The number of unbranched alkanes of at least 4 members (excludes halogenated alkanes) is 1. The van der Waals surface area contributed by atoms with Crippen LogP contribution in [-0.4, -0.2) is 11.1 Å². The van der Waals surface area contributed by atoms with Crippen molar-refractivity contribution in [2.24, 2.45) is 0 Å².